The zero-order valence-corrected chi connectivity index (χ0v) is 22.5. The normalized spacial score (nSPS) is 18.1. The van der Waals surface area contributed by atoms with E-state index >= 15 is 0 Å². The molecule has 1 fully saturated rings. The molecular weight excluding hydrogens is 453 g/mol. The molecule has 0 saturated carbocycles. The van der Waals surface area contributed by atoms with E-state index in [4.69, 9.17) is 9.31 Å². The van der Waals surface area contributed by atoms with E-state index in [1.807, 2.05) is 58.0 Å². The molecule has 8 heteroatoms. The number of benzene rings is 1. The largest absolute Gasteiger partial charge is 0.481 e. The summed E-state index contributed by atoms with van der Waals surface area (Å²) < 4.78 is 12.6. The van der Waals surface area contributed by atoms with Crippen molar-refractivity contribution in [1.29, 1.82) is 0 Å². The number of nitrogens with one attached hydrogen (secondary N) is 1. The summed E-state index contributed by atoms with van der Waals surface area (Å²) >= 11 is 0. The first-order valence-electron chi connectivity index (χ1n) is 12.9. The van der Waals surface area contributed by atoms with Crippen LogP contribution in [-0.4, -0.2) is 45.9 Å². The molecule has 1 N–H and O–H groups in total. The van der Waals surface area contributed by atoms with Crippen molar-refractivity contribution in [1.82, 2.24) is 15.3 Å². The van der Waals surface area contributed by atoms with E-state index in [0.717, 1.165) is 11.3 Å². The SMILES string of the molecule is CC(C)C[C@H](NC(=O)[C@@H](CC(=O)CCc1cnccn1)Cc1ccccc1)B1OC(C)(C)C(C)(C)O1. The summed E-state index contributed by atoms with van der Waals surface area (Å²) in [5, 5.41) is 3.20. The Kier molecular flexibility index (Phi) is 9.42. The molecular formula is C28H40BN3O4. The number of ketones is 1. The van der Waals surface area contributed by atoms with Gasteiger partial charge in [0, 0.05) is 37.4 Å². The highest BCUT2D eigenvalue weighted by Gasteiger charge is 2.54. The Balaban J connectivity index is 1.73. The lowest BCUT2D eigenvalue weighted by Crippen LogP contribution is -2.50. The average Bonchev–Trinajstić information content (AvgIpc) is 3.04. The highest BCUT2D eigenvalue weighted by atomic mass is 16.7. The molecule has 194 valence electrons. The standard InChI is InChI=1S/C28H40BN3O4/c1-20(2)16-25(29-35-27(3,4)28(5,6)36-29)32-26(34)22(17-21-10-8-7-9-11-21)18-24(33)13-12-23-19-30-14-15-31-23/h7-11,14-15,19-20,22,25H,12-13,16-18H2,1-6H3,(H,32,34)/t22-,25+/m1/s1. The van der Waals surface area contributed by atoms with Crippen LogP contribution in [0, 0.1) is 11.8 Å². The van der Waals surface area contributed by atoms with E-state index in [0.29, 0.717) is 31.6 Å². The summed E-state index contributed by atoms with van der Waals surface area (Å²) in [6, 6.07) is 9.83. The number of rotatable bonds is 12. The van der Waals surface area contributed by atoms with Gasteiger partial charge in [-0.05, 0) is 58.4 Å². The van der Waals surface area contributed by atoms with Gasteiger partial charge in [-0.1, -0.05) is 44.2 Å². The van der Waals surface area contributed by atoms with E-state index in [2.05, 4.69) is 29.1 Å². The van der Waals surface area contributed by atoms with Gasteiger partial charge in [-0.25, -0.2) is 0 Å². The molecule has 2 heterocycles. The molecule has 7 nitrogen and oxygen atoms in total. The number of carbonyl (C=O) groups excluding carboxylic acids is 2. The van der Waals surface area contributed by atoms with Crippen LogP contribution >= 0.6 is 0 Å². The fourth-order valence-corrected chi connectivity index (χ4v) is 4.36. The second-order valence-electron chi connectivity index (χ2n) is 11.2. The van der Waals surface area contributed by atoms with Crippen LogP contribution in [0.2, 0.25) is 0 Å². The van der Waals surface area contributed by atoms with Crippen LogP contribution in [0.3, 0.4) is 0 Å². The van der Waals surface area contributed by atoms with E-state index in [-0.39, 0.29) is 24.1 Å². The van der Waals surface area contributed by atoms with Crippen molar-refractivity contribution in [2.75, 3.05) is 0 Å². The van der Waals surface area contributed by atoms with Crippen LogP contribution in [0.1, 0.15) is 72.1 Å². The van der Waals surface area contributed by atoms with Gasteiger partial charge in [-0.15, -0.1) is 0 Å². The molecule has 1 aliphatic rings. The Morgan fingerprint density at radius 1 is 1.03 bits per heavy atom. The van der Waals surface area contributed by atoms with Gasteiger partial charge in [0.25, 0.3) is 0 Å². The number of carbonyl (C=O) groups is 2. The smallest absolute Gasteiger partial charge is 0.402 e. The Morgan fingerprint density at radius 3 is 2.28 bits per heavy atom. The first kappa shape index (κ1) is 28.0. The fraction of sp³-hybridized carbons (Fsp3) is 0.571. The Morgan fingerprint density at radius 2 is 1.69 bits per heavy atom. The molecule has 0 radical (unpaired) electrons. The molecule has 1 amide bonds. The fourth-order valence-electron chi connectivity index (χ4n) is 4.36. The van der Waals surface area contributed by atoms with Crippen LogP contribution in [0.4, 0.5) is 0 Å². The summed E-state index contributed by atoms with van der Waals surface area (Å²) in [5.74, 6) is -0.583. The summed E-state index contributed by atoms with van der Waals surface area (Å²) in [4.78, 5) is 34.9. The van der Waals surface area contributed by atoms with Crippen molar-refractivity contribution in [2.45, 2.75) is 90.8 Å². The number of nitrogens with zero attached hydrogens (tertiary/aromatic N) is 2. The van der Waals surface area contributed by atoms with E-state index < -0.39 is 24.2 Å². The quantitative estimate of drug-likeness (QED) is 0.441. The Hall–Kier alpha value is -2.58. The maximum absolute atomic E-state index is 13.6. The average molecular weight is 493 g/mol. The van der Waals surface area contributed by atoms with Gasteiger partial charge in [0.2, 0.25) is 5.91 Å². The molecule has 3 rings (SSSR count). The minimum atomic E-state index is -0.550. The molecule has 0 spiro atoms. The van der Waals surface area contributed by atoms with Crippen LogP contribution in [0.5, 0.6) is 0 Å². The van der Waals surface area contributed by atoms with E-state index in [9.17, 15) is 9.59 Å². The summed E-state index contributed by atoms with van der Waals surface area (Å²) in [7, 11) is -0.550. The number of hydrogen-bond donors (Lipinski definition) is 1. The van der Waals surface area contributed by atoms with Crippen molar-refractivity contribution in [2.24, 2.45) is 11.8 Å². The first-order chi connectivity index (χ1) is 17.0. The topological polar surface area (TPSA) is 90.4 Å². The third-order valence-electron chi connectivity index (χ3n) is 7.10. The number of aromatic nitrogens is 2. The molecule has 0 bridgehead atoms. The molecule has 0 aliphatic carbocycles. The van der Waals surface area contributed by atoms with Gasteiger partial charge in [0.1, 0.15) is 5.78 Å². The molecule has 36 heavy (non-hydrogen) atoms. The number of Topliss-reactive ketones (excluding diaryl/α,β-unsaturated/α-hetero) is 1. The van der Waals surface area contributed by atoms with Crippen LogP contribution in [0.25, 0.3) is 0 Å². The van der Waals surface area contributed by atoms with Gasteiger partial charge < -0.3 is 14.6 Å². The minimum absolute atomic E-state index is 0.0350. The zero-order chi connectivity index (χ0) is 26.3. The lowest BCUT2D eigenvalue weighted by atomic mass is 9.73. The number of aryl methyl sites for hydroxylation is 1. The predicted octanol–water partition coefficient (Wildman–Crippen LogP) is 4.39. The van der Waals surface area contributed by atoms with Crippen LogP contribution in [0.15, 0.2) is 48.9 Å². The monoisotopic (exact) mass is 493 g/mol. The van der Waals surface area contributed by atoms with Gasteiger partial charge in [-0.3, -0.25) is 19.6 Å². The Labute approximate surface area is 215 Å². The van der Waals surface area contributed by atoms with E-state index in [1.54, 1.807) is 18.6 Å². The predicted molar refractivity (Wildman–Crippen MR) is 141 cm³/mol. The number of amides is 1. The second kappa shape index (κ2) is 12.1. The third kappa shape index (κ3) is 7.71. The molecule has 1 aromatic heterocycles. The van der Waals surface area contributed by atoms with Crippen LogP contribution < -0.4 is 5.32 Å². The van der Waals surface area contributed by atoms with Crippen molar-refractivity contribution in [3.63, 3.8) is 0 Å². The van der Waals surface area contributed by atoms with E-state index in [1.165, 1.54) is 0 Å². The first-order valence-corrected chi connectivity index (χ1v) is 12.9. The van der Waals surface area contributed by atoms with Gasteiger partial charge in [0.05, 0.1) is 22.8 Å². The van der Waals surface area contributed by atoms with Gasteiger partial charge in [0.15, 0.2) is 0 Å². The third-order valence-corrected chi connectivity index (χ3v) is 7.10. The molecule has 0 unspecified atom stereocenters. The molecule has 1 aliphatic heterocycles. The molecule has 1 saturated heterocycles. The van der Waals surface area contributed by atoms with Crippen molar-refractivity contribution < 1.29 is 18.9 Å². The second-order valence-corrected chi connectivity index (χ2v) is 11.2. The lowest BCUT2D eigenvalue weighted by molar-refractivity contribution is -0.129. The maximum Gasteiger partial charge on any atom is 0.481 e. The van der Waals surface area contributed by atoms with Crippen LogP contribution in [-0.2, 0) is 31.7 Å². The maximum atomic E-state index is 13.6. The summed E-state index contributed by atoms with van der Waals surface area (Å²) in [6.07, 6.45) is 7.10. The Bertz CT molecular complexity index is 982. The van der Waals surface area contributed by atoms with Crippen molar-refractivity contribution in [3.05, 3.63) is 60.2 Å². The highest BCUT2D eigenvalue weighted by Crippen LogP contribution is 2.38. The summed E-state index contributed by atoms with van der Waals surface area (Å²) in [6.45, 7) is 12.3. The van der Waals surface area contributed by atoms with Crippen molar-refractivity contribution >= 4 is 18.8 Å². The minimum Gasteiger partial charge on any atom is -0.402 e. The highest BCUT2D eigenvalue weighted by molar-refractivity contribution is 6.48. The van der Waals surface area contributed by atoms with Gasteiger partial charge >= 0.3 is 7.12 Å². The van der Waals surface area contributed by atoms with Crippen molar-refractivity contribution in [3.8, 4) is 0 Å². The number of hydrogen-bond acceptors (Lipinski definition) is 6. The molecule has 2 atom stereocenters. The molecule has 2 aromatic rings. The summed E-state index contributed by atoms with van der Waals surface area (Å²) in [5.41, 5.74) is 0.817. The lowest BCUT2D eigenvalue weighted by Gasteiger charge is -2.32. The van der Waals surface area contributed by atoms with Gasteiger partial charge in [-0.2, -0.15) is 0 Å². The zero-order valence-electron chi connectivity index (χ0n) is 22.5. The molecule has 1 aromatic carbocycles.